The first-order valence-electron chi connectivity index (χ1n) is 5.12. The first-order valence-corrected chi connectivity index (χ1v) is 7.37. The summed E-state index contributed by atoms with van der Waals surface area (Å²) in [6.07, 6.45) is 0. The van der Waals surface area contributed by atoms with Gasteiger partial charge in [-0.2, -0.15) is 0 Å². The molecule has 1 aromatic heterocycles. The highest BCUT2D eigenvalue weighted by molar-refractivity contribution is 8.01. The molecule has 1 N–H and O–H groups in total. The van der Waals surface area contributed by atoms with Crippen molar-refractivity contribution in [1.82, 2.24) is 4.98 Å². The summed E-state index contributed by atoms with van der Waals surface area (Å²) in [5.74, 6) is -0.812. The van der Waals surface area contributed by atoms with Crippen molar-refractivity contribution in [2.45, 2.75) is 11.1 Å². The minimum atomic E-state index is -0.839. The Hall–Kier alpha value is -1.04. The summed E-state index contributed by atoms with van der Waals surface area (Å²) in [5.41, 5.74) is 4.39. The fraction of sp³-hybridized carbons (Fsp3) is 0.167. The lowest BCUT2D eigenvalue weighted by Gasteiger charge is -2.04. The fourth-order valence-electron chi connectivity index (χ4n) is 1.46. The molecule has 0 saturated carbocycles. The van der Waals surface area contributed by atoms with E-state index in [4.69, 9.17) is 16.7 Å². The molecule has 0 spiro atoms. The maximum absolute atomic E-state index is 10.6. The van der Waals surface area contributed by atoms with E-state index in [9.17, 15) is 4.79 Å². The molecule has 0 aliphatic rings. The van der Waals surface area contributed by atoms with Gasteiger partial charge in [-0.25, -0.2) is 4.98 Å². The molecule has 0 amide bonds. The number of hydrogen-bond donors (Lipinski definition) is 1. The maximum atomic E-state index is 10.6. The van der Waals surface area contributed by atoms with Crippen LogP contribution in [0.25, 0.3) is 11.3 Å². The molecule has 0 bridgehead atoms. The quantitative estimate of drug-likeness (QED) is 0.869. The van der Waals surface area contributed by atoms with Gasteiger partial charge in [0, 0.05) is 5.56 Å². The van der Waals surface area contributed by atoms with Crippen molar-refractivity contribution >= 4 is 40.7 Å². The van der Waals surface area contributed by atoms with Crippen LogP contribution in [0.2, 0.25) is 5.02 Å². The molecule has 0 radical (unpaired) electrons. The summed E-state index contributed by atoms with van der Waals surface area (Å²) in [5, 5.41) is 9.34. The van der Waals surface area contributed by atoms with Crippen molar-refractivity contribution in [3.05, 3.63) is 34.3 Å². The van der Waals surface area contributed by atoms with Crippen LogP contribution >= 0.6 is 34.7 Å². The smallest absolute Gasteiger partial charge is 0.313 e. The van der Waals surface area contributed by atoms with E-state index >= 15 is 0 Å². The minimum Gasteiger partial charge on any atom is -0.481 e. The second-order valence-electron chi connectivity index (χ2n) is 3.65. The lowest BCUT2D eigenvalue weighted by atomic mass is 10.1. The van der Waals surface area contributed by atoms with E-state index in [1.165, 1.54) is 23.1 Å². The van der Waals surface area contributed by atoms with Crippen molar-refractivity contribution < 1.29 is 9.90 Å². The number of nitrogens with zero attached hydrogens (tertiary/aromatic N) is 1. The number of halogens is 1. The lowest BCUT2D eigenvalue weighted by Crippen LogP contribution is -1.97. The predicted molar refractivity (Wildman–Crippen MR) is 75.7 cm³/mol. The normalized spacial score (nSPS) is 10.6. The summed E-state index contributed by atoms with van der Waals surface area (Å²) in [7, 11) is 0. The molecule has 2 aromatic rings. The number of thiazole rings is 1. The molecule has 0 fully saturated rings. The lowest BCUT2D eigenvalue weighted by molar-refractivity contribution is -0.133. The highest BCUT2D eigenvalue weighted by Gasteiger charge is 2.13. The predicted octanol–water partition coefficient (Wildman–Crippen LogP) is 3.95. The Labute approximate surface area is 118 Å². The second-order valence-corrected chi connectivity index (χ2v) is 6.16. The molecule has 0 unspecified atom stereocenters. The number of aromatic nitrogens is 1. The molecule has 6 heteroatoms. The van der Waals surface area contributed by atoms with Gasteiger partial charge in [0.2, 0.25) is 0 Å². The van der Waals surface area contributed by atoms with Crippen molar-refractivity contribution in [3.8, 4) is 11.3 Å². The van der Waals surface area contributed by atoms with Crippen molar-refractivity contribution in [1.29, 1.82) is 0 Å². The average Bonchev–Trinajstić information content (AvgIpc) is 2.74. The summed E-state index contributed by atoms with van der Waals surface area (Å²) in [4.78, 5) is 14.9. The number of carboxylic acids is 1. The van der Waals surface area contributed by atoms with E-state index in [-0.39, 0.29) is 5.75 Å². The van der Waals surface area contributed by atoms with Gasteiger partial charge in [-0.1, -0.05) is 23.7 Å². The molecule has 18 heavy (non-hydrogen) atoms. The Bertz CT molecular complexity index is 583. The largest absolute Gasteiger partial charge is 0.481 e. The minimum absolute atomic E-state index is 0.0265. The Morgan fingerprint density at radius 3 is 3.00 bits per heavy atom. The second kappa shape index (κ2) is 5.73. The van der Waals surface area contributed by atoms with Gasteiger partial charge in [0.05, 0.1) is 26.2 Å². The van der Waals surface area contributed by atoms with E-state index in [0.29, 0.717) is 5.02 Å². The van der Waals surface area contributed by atoms with Gasteiger partial charge in [-0.05, 0) is 18.6 Å². The number of thioether (sulfide) groups is 1. The molecule has 0 saturated heterocycles. The van der Waals surface area contributed by atoms with Gasteiger partial charge < -0.3 is 5.11 Å². The van der Waals surface area contributed by atoms with Gasteiger partial charge in [0.1, 0.15) is 0 Å². The third kappa shape index (κ3) is 3.04. The molecular weight excluding hydrogens is 290 g/mol. The fourth-order valence-corrected chi connectivity index (χ4v) is 3.44. The van der Waals surface area contributed by atoms with Crippen LogP contribution in [0.15, 0.2) is 27.9 Å². The average molecular weight is 300 g/mol. The number of benzene rings is 1. The van der Waals surface area contributed by atoms with Crippen molar-refractivity contribution in [2.24, 2.45) is 0 Å². The standard InChI is InChI=1S/C12H10ClNO2S2/c1-7-2-3-8(9(13)4-7)11-12(18-6-14-11)17-5-10(15)16/h2-4,6H,5H2,1H3,(H,15,16). The summed E-state index contributed by atoms with van der Waals surface area (Å²) in [6, 6.07) is 5.76. The highest BCUT2D eigenvalue weighted by atomic mass is 35.5. The summed E-state index contributed by atoms with van der Waals surface area (Å²) >= 11 is 8.89. The number of aryl methyl sites for hydroxylation is 1. The number of carboxylic acid groups (broad SMARTS) is 1. The first-order chi connectivity index (χ1) is 8.58. The topological polar surface area (TPSA) is 50.2 Å². The Kier molecular flexibility index (Phi) is 4.27. The van der Waals surface area contributed by atoms with Crippen LogP contribution in [-0.4, -0.2) is 21.8 Å². The zero-order chi connectivity index (χ0) is 13.1. The number of hydrogen-bond acceptors (Lipinski definition) is 4. The molecule has 0 aliphatic heterocycles. The monoisotopic (exact) mass is 299 g/mol. The molecule has 2 rings (SSSR count). The highest BCUT2D eigenvalue weighted by Crippen LogP contribution is 2.37. The van der Waals surface area contributed by atoms with Gasteiger partial charge in [0.25, 0.3) is 0 Å². The van der Waals surface area contributed by atoms with Crippen LogP contribution in [0.3, 0.4) is 0 Å². The van der Waals surface area contributed by atoms with Crippen LogP contribution < -0.4 is 0 Å². The van der Waals surface area contributed by atoms with E-state index < -0.39 is 5.97 Å². The van der Waals surface area contributed by atoms with Crippen LogP contribution in [-0.2, 0) is 4.79 Å². The Balaban J connectivity index is 2.33. The van der Waals surface area contributed by atoms with Crippen molar-refractivity contribution in [3.63, 3.8) is 0 Å². The Morgan fingerprint density at radius 2 is 2.33 bits per heavy atom. The zero-order valence-corrected chi connectivity index (χ0v) is 11.9. The van der Waals surface area contributed by atoms with Crippen LogP contribution in [0, 0.1) is 6.92 Å². The molecule has 94 valence electrons. The molecule has 3 nitrogen and oxygen atoms in total. The van der Waals surface area contributed by atoms with Gasteiger partial charge in [-0.15, -0.1) is 23.1 Å². The molecule has 1 heterocycles. The van der Waals surface area contributed by atoms with E-state index in [1.54, 1.807) is 5.51 Å². The maximum Gasteiger partial charge on any atom is 0.313 e. The van der Waals surface area contributed by atoms with Gasteiger partial charge in [0.15, 0.2) is 0 Å². The summed E-state index contributed by atoms with van der Waals surface area (Å²) in [6.45, 7) is 1.97. The molecular formula is C12H10ClNO2S2. The van der Waals surface area contributed by atoms with E-state index in [2.05, 4.69) is 4.98 Å². The molecule has 0 atom stereocenters. The van der Waals surface area contributed by atoms with Gasteiger partial charge in [-0.3, -0.25) is 4.79 Å². The van der Waals surface area contributed by atoms with Crippen molar-refractivity contribution in [2.75, 3.05) is 5.75 Å². The number of rotatable bonds is 4. The van der Waals surface area contributed by atoms with Crippen LogP contribution in [0.4, 0.5) is 0 Å². The Morgan fingerprint density at radius 1 is 1.56 bits per heavy atom. The molecule has 0 aliphatic carbocycles. The van der Waals surface area contributed by atoms with Crippen LogP contribution in [0.5, 0.6) is 0 Å². The number of aliphatic carboxylic acids is 1. The first kappa shape index (κ1) is 13.4. The number of carbonyl (C=O) groups is 1. The summed E-state index contributed by atoms with van der Waals surface area (Å²) < 4.78 is 0.878. The zero-order valence-electron chi connectivity index (χ0n) is 9.51. The third-order valence-electron chi connectivity index (χ3n) is 2.24. The van der Waals surface area contributed by atoms with Crippen LogP contribution in [0.1, 0.15) is 5.56 Å². The molecule has 1 aromatic carbocycles. The third-order valence-corrected chi connectivity index (χ3v) is 4.66. The van der Waals surface area contributed by atoms with Gasteiger partial charge >= 0.3 is 5.97 Å². The van der Waals surface area contributed by atoms with E-state index in [0.717, 1.165) is 21.0 Å². The van der Waals surface area contributed by atoms with E-state index in [1.807, 2.05) is 25.1 Å². The SMILES string of the molecule is Cc1ccc(-c2ncsc2SCC(=O)O)c(Cl)c1.